The summed E-state index contributed by atoms with van der Waals surface area (Å²) >= 11 is 6.01. The third-order valence-corrected chi connectivity index (χ3v) is 7.08. The lowest BCUT2D eigenvalue weighted by atomic mass is 9.90. The van der Waals surface area contributed by atoms with Gasteiger partial charge in [-0.1, -0.05) is 32.4 Å². The predicted octanol–water partition coefficient (Wildman–Crippen LogP) is 4.07. The van der Waals surface area contributed by atoms with Crippen LogP contribution < -0.4 is 10.6 Å². The van der Waals surface area contributed by atoms with Crippen molar-refractivity contribution in [3.05, 3.63) is 57.2 Å². The van der Waals surface area contributed by atoms with E-state index in [0.717, 1.165) is 24.2 Å². The lowest BCUT2D eigenvalue weighted by molar-refractivity contribution is 0.0499. The third-order valence-electron chi connectivity index (χ3n) is 6.84. The van der Waals surface area contributed by atoms with Crippen LogP contribution in [0.15, 0.2) is 35.1 Å². The zero-order valence-corrected chi connectivity index (χ0v) is 20.6. The molecule has 3 aromatic rings. The van der Waals surface area contributed by atoms with E-state index in [4.69, 9.17) is 16.6 Å². The zero-order chi connectivity index (χ0) is 24.4. The number of nitrogens with zero attached hydrogens (tertiary/aromatic N) is 5. The molecule has 1 aromatic carbocycles. The molecule has 3 fully saturated rings. The van der Waals surface area contributed by atoms with E-state index in [0.29, 0.717) is 30.3 Å². The molecule has 180 valence electrons. The van der Waals surface area contributed by atoms with E-state index in [-0.39, 0.29) is 34.7 Å². The fourth-order valence-corrected chi connectivity index (χ4v) is 5.40. The molecular formula is C25H29ClFN5O2. The first-order chi connectivity index (χ1) is 16.0. The topological polar surface area (TPSA) is 63.4 Å². The minimum absolute atomic E-state index is 0.0151. The molecule has 6 rings (SSSR count). The SMILES string of the molecule is Cn1c(=O)n(CC(C)(C)C)c2ccc(N3CC4CCC3CN4C(=O)c3cc(Cl)ccc3F)nc21. The van der Waals surface area contributed by atoms with Crippen molar-refractivity contribution in [2.24, 2.45) is 12.5 Å². The van der Waals surface area contributed by atoms with E-state index in [1.165, 1.54) is 18.2 Å². The van der Waals surface area contributed by atoms with Gasteiger partial charge in [0, 0.05) is 43.8 Å². The summed E-state index contributed by atoms with van der Waals surface area (Å²) in [4.78, 5) is 34.9. The van der Waals surface area contributed by atoms with Crippen molar-refractivity contribution in [3.63, 3.8) is 0 Å². The van der Waals surface area contributed by atoms with Gasteiger partial charge in [-0.2, -0.15) is 0 Å². The van der Waals surface area contributed by atoms with Crippen molar-refractivity contribution < 1.29 is 9.18 Å². The van der Waals surface area contributed by atoms with Crippen LogP contribution in [-0.2, 0) is 13.6 Å². The van der Waals surface area contributed by atoms with Crippen molar-refractivity contribution in [2.75, 3.05) is 18.0 Å². The first kappa shape index (κ1) is 22.9. The van der Waals surface area contributed by atoms with E-state index in [1.54, 1.807) is 21.1 Å². The second-order valence-electron chi connectivity index (χ2n) is 10.6. The van der Waals surface area contributed by atoms with E-state index in [9.17, 15) is 14.0 Å². The molecule has 1 amide bonds. The summed E-state index contributed by atoms with van der Waals surface area (Å²) in [5.41, 5.74) is 1.38. The second kappa shape index (κ2) is 8.12. The molecule has 2 atom stereocenters. The highest BCUT2D eigenvalue weighted by molar-refractivity contribution is 6.31. The lowest BCUT2D eigenvalue weighted by Gasteiger charge is -2.52. The summed E-state index contributed by atoms with van der Waals surface area (Å²) in [7, 11) is 1.75. The van der Waals surface area contributed by atoms with Gasteiger partial charge in [-0.15, -0.1) is 0 Å². The van der Waals surface area contributed by atoms with Gasteiger partial charge < -0.3 is 9.80 Å². The number of fused-ring (bicyclic) bond motifs is 4. The van der Waals surface area contributed by atoms with Crippen molar-refractivity contribution in [3.8, 4) is 0 Å². The normalized spacial score (nSPS) is 20.4. The number of hydrogen-bond donors (Lipinski definition) is 0. The van der Waals surface area contributed by atoms with Gasteiger partial charge in [-0.05, 0) is 48.6 Å². The highest BCUT2D eigenvalue weighted by Gasteiger charge is 2.42. The Labute approximate surface area is 202 Å². The number of anilines is 1. The van der Waals surface area contributed by atoms with Crippen LogP contribution in [-0.4, -0.2) is 50.1 Å². The Hall–Kier alpha value is -2.87. The maximum atomic E-state index is 14.3. The minimum Gasteiger partial charge on any atom is -0.350 e. The summed E-state index contributed by atoms with van der Waals surface area (Å²) in [5, 5.41) is 0.343. The summed E-state index contributed by atoms with van der Waals surface area (Å²) < 4.78 is 17.7. The fourth-order valence-electron chi connectivity index (χ4n) is 5.22. The molecule has 34 heavy (non-hydrogen) atoms. The monoisotopic (exact) mass is 485 g/mol. The van der Waals surface area contributed by atoms with E-state index >= 15 is 0 Å². The van der Waals surface area contributed by atoms with Gasteiger partial charge in [0.15, 0.2) is 5.65 Å². The van der Waals surface area contributed by atoms with Crippen molar-refractivity contribution in [2.45, 2.75) is 52.2 Å². The molecule has 3 aliphatic rings. The van der Waals surface area contributed by atoms with E-state index in [1.807, 2.05) is 12.1 Å². The average molecular weight is 486 g/mol. The van der Waals surface area contributed by atoms with Gasteiger partial charge >= 0.3 is 5.69 Å². The molecule has 3 saturated heterocycles. The molecule has 2 unspecified atom stereocenters. The Kier molecular flexibility index (Phi) is 5.47. The lowest BCUT2D eigenvalue weighted by Crippen LogP contribution is -2.64. The average Bonchev–Trinajstić information content (AvgIpc) is 3.03. The molecule has 0 saturated carbocycles. The number of halogens is 2. The Morgan fingerprint density at radius 2 is 1.88 bits per heavy atom. The van der Waals surface area contributed by atoms with Gasteiger partial charge in [0.25, 0.3) is 5.91 Å². The van der Waals surface area contributed by atoms with E-state index in [2.05, 4.69) is 25.7 Å². The molecule has 0 radical (unpaired) electrons. The summed E-state index contributed by atoms with van der Waals surface area (Å²) in [5.74, 6) is -0.0772. The van der Waals surface area contributed by atoms with Gasteiger partial charge in [0.2, 0.25) is 0 Å². The Bertz CT molecular complexity index is 1340. The Morgan fingerprint density at radius 3 is 2.56 bits per heavy atom. The van der Waals surface area contributed by atoms with Gasteiger partial charge in [-0.3, -0.25) is 13.9 Å². The quantitative estimate of drug-likeness (QED) is 0.561. The summed E-state index contributed by atoms with van der Waals surface area (Å²) in [6, 6.07) is 8.05. The molecule has 2 bridgehead atoms. The Morgan fingerprint density at radius 1 is 1.15 bits per heavy atom. The van der Waals surface area contributed by atoms with Crippen molar-refractivity contribution in [1.29, 1.82) is 0 Å². The van der Waals surface area contributed by atoms with Crippen LogP contribution in [0.5, 0.6) is 0 Å². The first-order valence-corrected chi connectivity index (χ1v) is 12.0. The molecule has 5 heterocycles. The number of carbonyl (C=O) groups excluding carboxylic acids is 1. The standard InChI is InChI=1S/C25H29ClFN5O2/c1-25(2,3)14-32-20-9-10-21(28-22(20)29(4)24(32)34)30-12-17-7-6-16(30)13-31(17)23(33)18-11-15(26)5-8-19(18)27/h5,8-11,16-17H,6-7,12-14H2,1-4H3. The Balaban J connectivity index is 1.43. The molecule has 2 aromatic heterocycles. The van der Waals surface area contributed by atoms with Crippen LogP contribution >= 0.6 is 11.6 Å². The molecule has 3 aliphatic heterocycles. The minimum atomic E-state index is -0.555. The van der Waals surface area contributed by atoms with Crippen LogP contribution in [0.3, 0.4) is 0 Å². The number of carbonyl (C=O) groups is 1. The van der Waals surface area contributed by atoms with Crippen LogP contribution in [0.4, 0.5) is 10.2 Å². The maximum Gasteiger partial charge on any atom is 0.330 e. The van der Waals surface area contributed by atoms with Crippen molar-refractivity contribution >= 4 is 34.5 Å². The van der Waals surface area contributed by atoms with Crippen molar-refractivity contribution in [1.82, 2.24) is 19.0 Å². The number of benzene rings is 1. The molecule has 0 aliphatic carbocycles. The van der Waals surface area contributed by atoms with Gasteiger partial charge in [-0.25, -0.2) is 14.2 Å². The summed E-state index contributed by atoms with van der Waals surface area (Å²) in [6.07, 6.45) is 1.79. The second-order valence-corrected chi connectivity index (χ2v) is 11.1. The highest BCUT2D eigenvalue weighted by atomic mass is 35.5. The van der Waals surface area contributed by atoms with Crippen LogP contribution in [0.25, 0.3) is 11.2 Å². The number of hydrogen-bond acceptors (Lipinski definition) is 4. The van der Waals surface area contributed by atoms with Crippen LogP contribution in [0, 0.1) is 11.2 Å². The van der Waals surface area contributed by atoms with Crippen LogP contribution in [0.2, 0.25) is 5.02 Å². The van der Waals surface area contributed by atoms with E-state index < -0.39 is 5.82 Å². The van der Waals surface area contributed by atoms with Crippen LogP contribution in [0.1, 0.15) is 44.0 Å². The maximum absolute atomic E-state index is 14.3. The first-order valence-electron chi connectivity index (χ1n) is 11.6. The number of amides is 1. The number of imidazole rings is 1. The highest BCUT2D eigenvalue weighted by Crippen LogP contribution is 2.34. The smallest absolute Gasteiger partial charge is 0.330 e. The number of pyridine rings is 1. The third kappa shape index (κ3) is 3.87. The molecule has 0 spiro atoms. The fraction of sp³-hybridized carbons (Fsp3) is 0.480. The molecule has 7 nitrogen and oxygen atoms in total. The summed E-state index contributed by atoms with van der Waals surface area (Å²) in [6.45, 7) is 8.04. The molecular weight excluding hydrogens is 457 g/mol. The number of aromatic nitrogens is 3. The number of piperazine rings is 1. The number of rotatable bonds is 3. The largest absolute Gasteiger partial charge is 0.350 e. The van der Waals surface area contributed by atoms with Gasteiger partial charge in [0.1, 0.15) is 11.6 Å². The predicted molar refractivity (Wildman–Crippen MR) is 131 cm³/mol. The molecule has 9 heteroatoms. The zero-order valence-electron chi connectivity index (χ0n) is 19.9. The number of piperidine rings is 2. The molecule has 0 N–H and O–H groups in total. The van der Waals surface area contributed by atoms with Gasteiger partial charge in [0.05, 0.1) is 11.1 Å². The number of aryl methyl sites for hydroxylation is 1.